The van der Waals surface area contributed by atoms with E-state index in [4.69, 9.17) is 14.0 Å². The third kappa shape index (κ3) is 4.53. The Morgan fingerprint density at radius 1 is 1.22 bits per heavy atom. The van der Waals surface area contributed by atoms with Gasteiger partial charge < -0.3 is 14.0 Å². The monoisotopic (exact) mass is 449 g/mol. The first kappa shape index (κ1) is 22.4. The molecule has 32 heavy (non-hydrogen) atoms. The Morgan fingerprint density at radius 3 is 2.75 bits per heavy atom. The molecule has 0 saturated carbocycles. The van der Waals surface area contributed by atoms with Gasteiger partial charge in [-0.1, -0.05) is 11.2 Å². The molecule has 1 aromatic carbocycles. The number of fused-ring (bicyclic) bond motifs is 1. The van der Waals surface area contributed by atoms with Gasteiger partial charge in [-0.2, -0.15) is 13.2 Å². The normalized spacial score (nSPS) is 17.6. The van der Waals surface area contributed by atoms with Crippen LogP contribution in [0.2, 0.25) is 0 Å². The van der Waals surface area contributed by atoms with E-state index in [-0.39, 0.29) is 22.7 Å². The van der Waals surface area contributed by atoms with Gasteiger partial charge in [-0.15, -0.1) is 0 Å². The second-order valence-corrected chi connectivity index (χ2v) is 8.05. The van der Waals surface area contributed by atoms with E-state index in [9.17, 15) is 13.2 Å². The minimum Gasteiger partial charge on any atom is -0.493 e. The summed E-state index contributed by atoms with van der Waals surface area (Å²) in [5.41, 5.74) is 0.857. The average molecular weight is 449 g/mol. The summed E-state index contributed by atoms with van der Waals surface area (Å²) in [6.45, 7) is 6.05. The highest BCUT2D eigenvalue weighted by molar-refractivity contribution is 5.81. The van der Waals surface area contributed by atoms with Crippen molar-refractivity contribution in [1.29, 1.82) is 0 Å². The molecular formula is C23H26F3N3O3. The second kappa shape index (κ2) is 8.97. The fraction of sp³-hybridized carbons (Fsp3) is 0.478. The van der Waals surface area contributed by atoms with Crippen molar-refractivity contribution in [2.75, 3.05) is 26.8 Å². The number of piperidine rings is 1. The predicted molar refractivity (Wildman–Crippen MR) is 113 cm³/mol. The number of halogens is 3. The Hall–Kier alpha value is -2.81. The number of nitrogens with zero attached hydrogens (tertiary/aromatic N) is 3. The Balaban J connectivity index is 1.59. The zero-order valence-electron chi connectivity index (χ0n) is 18.3. The highest BCUT2D eigenvalue weighted by atomic mass is 19.4. The Bertz CT molecular complexity index is 1100. The molecule has 2 aromatic heterocycles. The van der Waals surface area contributed by atoms with E-state index in [1.54, 1.807) is 7.11 Å². The number of aromatic nitrogens is 2. The summed E-state index contributed by atoms with van der Waals surface area (Å²) in [6.07, 6.45) is -2.90. The van der Waals surface area contributed by atoms with Crippen LogP contribution < -0.4 is 9.47 Å². The first-order valence-electron chi connectivity index (χ1n) is 10.7. The van der Waals surface area contributed by atoms with Gasteiger partial charge in [0, 0.05) is 24.7 Å². The van der Waals surface area contributed by atoms with E-state index in [0.717, 1.165) is 31.0 Å². The van der Waals surface area contributed by atoms with Gasteiger partial charge in [0.1, 0.15) is 0 Å². The third-order valence-corrected chi connectivity index (χ3v) is 5.73. The number of alkyl halides is 3. The van der Waals surface area contributed by atoms with Crippen molar-refractivity contribution in [2.45, 2.75) is 45.3 Å². The van der Waals surface area contributed by atoms with Crippen LogP contribution in [0.15, 0.2) is 28.8 Å². The summed E-state index contributed by atoms with van der Waals surface area (Å²) >= 11 is 0. The van der Waals surface area contributed by atoms with Gasteiger partial charge in [0.2, 0.25) is 0 Å². The molecule has 172 valence electrons. The van der Waals surface area contributed by atoms with Gasteiger partial charge in [-0.3, -0.25) is 4.90 Å². The topological polar surface area (TPSA) is 60.6 Å². The molecule has 1 saturated heterocycles. The molecule has 9 heteroatoms. The van der Waals surface area contributed by atoms with Crippen LogP contribution in [-0.4, -0.2) is 41.8 Å². The third-order valence-electron chi connectivity index (χ3n) is 5.73. The van der Waals surface area contributed by atoms with E-state index < -0.39 is 11.7 Å². The highest BCUT2D eigenvalue weighted by Crippen LogP contribution is 2.40. The minimum absolute atomic E-state index is 0.0157. The Kier molecular flexibility index (Phi) is 6.28. The first-order chi connectivity index (χ1) is 15.3. The zero-order chi connectivity index (χ0) is 22.9. The molecule has 0 bridgehead atoms. The Morgan fingerprint density at radius 2 is 2.03 bits per heavy atom. The van der Waals surface area contributed by atoms with Crippen molar-refractivity contribution in [2.24, 2.45) is 0 Å². The number of rotatable bonds is 6. The number of hydrogen-bond donors (Lipinski definition) is 0. The van der Waals surface area contributed by atoms with Crippen molar-refractivity contribution < 1.29 is 27.2 Å². The van der Waals surface area contributed by atoms with Crippen LogP contribution in [0.1, 0.15) is 48.2 Å². The largest absolute Gasteiger partial charge is 0.493 e. The quantitative estimate of drug-likeness (QED) is 0.507. The first-order valence-corrected chi connectivity index (χ1v) is 10.7. The molecule has 3 aromatic rings. The molecule has 0 spiro atoms. The van der Waals surface area contributed by atoms with Crippen molar-refractivity contribution in [3.63, 3.8) is 0 Å². The molecule has 1 fully saturated rings. The summed E-state index contributed by atoms with van der Waals surface area (Å²) in [5.74, 6) is 1.18. The summed E-state index contributed by atoms with van der Waals surface area (Å²) in [6, 6.07) is 6.86. The van der Waals surface area contributed by atoms with Crippen molar-refractivity contribution in [3.8, 4) is 11.5 Å². The number of hydrogen-bond acceptors (Lipinski definition) is 6. The lowest BCUT2D eigenvalue weighted by atomic mass is 9.91. The van der Waals surface area contributed by atoms with Crippen LogP contribution in [0, 0.1) is 6.92 Å². The summed E-state index contributed by atoms with van der Waals surface area (Å²) < 4.78 is 57.4. The smallest absolute Gasteiger partial charge is 0.417 e. The van der Waals surface area contributed by atoms with E-state index in [1.165, 1.54) is 6.92 Å². The van der Waals surface area contributed by atoms with Gasteiger partial charge in [-0.05, 0) is 57.0 Å². The zero-order valence-corrected chi connectivity index (χ0v) is 18.3. The molecular weight excluding hydrogens is 423 g/mol. The van der Waals surface area contributed by atoms with Crippen LogP contribution in [0.25, 0.3) is 11.1 Å². The lowest BCUT2D eigenvalue weighted by Crippen LogP contribution is -2.34. The SMILES string of the molecule is CCOc1cc(CN2CCC[C@@H](c3noc4nc(C)cc(C(F)(F)F)c34)C2)ccc1OC. The standard InChI is InChI=1S/C23H26F3N3O3/c1-4-31-19-11-15(7-8-18(19)30-3)12-29-9-5-6-16(13-29)21-20-17(23(24,25)26)10-14(2)27-22(20)32-28-21/h7-8,10-11,16H,4-6,9,12-13H2,1-3H3/t16-/m1/s1. The number of methoxy groups -OCH3 is 1. The number of benzene rings is 1. The average Bonchev–Trinajstić information content (AvgIpc) is 3.17. The van der Waals surface area contributed by atoms with Crippen molar-refractivity contribution >= 4 is 11.1 Å². The number of ether oxygens (including phenoxy) is 2. The molecule has 1 aliphatic rings. The fourth-order valence-corrected chi connectivity index (χ4v) is 4.37. The maximum atomic E-state index is 13.7. The van der Waals surface area contributed by atoms with Gasteiger partial charge in [0.25, 0.3) is 5.71 Å². The van der Waals surface area contributed by atoms with E-state index in [0.29, 0.717) is 36.9 Å². The molecule has 0 aliphatic carbocycles. The van der Waals surface area contributed by atoms with E-state index in [2.05, 4.69) is 15.0 Å². The molecule has 1 aliphatic heterocycles. The Labute approximate surface area is 184 Å². The number of pyridine rings is 1. The summed E-state index contributed by atoms with van der Waals surface area (Å²) in [7, 11) is 1.60. The van der Waals surface area contributed by atoms with Crippen molar-refractivity contribution in [3.05, 3.63) is 46.8 Å². The second-order valence-electron chi connectivity index (χ2n) is 8.05. The molecule has 0 amide bonds. The fourth-order valence-electron chi connectivity index (χ4n) is 4.37. The van der Waals surface area contributed by atoms with Gasteiger partial charge in [0.05, 0.1) is 30.4 Å². The van der Waals surface area contributed by atoms with Gasteiger partial charge in [-0.25, -0.2) is 4.98 Å². The molecule has 0 N–H and O–H groups in total. The van der Waals surface area contributed by atoms with Gasteiger partial charge in [0.15, 0.2) is 11.5 Å². The minimum atomic E-state index is -4.50. The highest BCUT2D eigenvalue weighted by Gasteiger charge is 2.37. The van der Waals surface area contributed by atoms with Crippen LogP contribution in [-0.2, 0) is 12.7 Å². The maximum Gasteiger partial charge on any atom is 0.417 e. The molecule has 1 atom stereocenters. The van der Waals surface area contributed by atoms with E-state index in [1.807, 2.05) is 25.1 Å². The lowest BCUT2D eigenvalue weighted by Gasteiger charge is -2.32. The van der Waals surface area contributed by atoms with Crippen LogP contribution in [0.3, 0.4) is 0 Å². The molecule has 6 nitrogen and oxygen atoms in total. The maximum absolute atomic E-state index is 13.7. The van der Waals surface area contributed by atoms with E-state index >= 15 is 0 Å². The van der Waals surface area contributed by atoms with Crippen LogP contribution >= 0.6 is 0 Å². The number of likely N-dealkylation sites (tertiary alicyclic amines) is 1. The molecule has 4 rings (SSSR count). The van der Waals surface area contributed by atoms with Crippen molar-refractivity contribution in [1.82, 2.24) is 15.0 Å². The molecule has 0 radical (unpaired) electrons. The summed E-state index contributed by atoms with van der Waals surface area (Å²) in [5, 5.41) is 4.02. The van der Waals surface area contributed by atoms with Crippen LogP contribution in [0.4, 0.5) is 13.2 Å². The number of aryl methyl sites for hydroxylation is 1. The predicted octanol–water partition coefficient (Wildman–Crippen LogP) is 5.34. The van der Waals surface area contributed by atoms with Crippen LogP contribution in [0.5, 0.6) is 11.5 Å². The van der Waals surface area contributed by atoms with Gasteiger partial charge >= 0.3 is 6.18 Å². The molecule has 0 unspecified atom stereocenters. The molecule has 3 heterocycles. The lowest BCUT2D eigenvalue weighted by molar-refractivity contribution is -0.136. The summed E-state index contributed by atoms with van der Waals surface area (Å²) in [4.78, 5) is 6.35.